The van der Waals surface area contributed by atoms with Gasteiger partial charge in [-0.05, 0) is 18.9 Å². The number of nitrogens with zero attached hydrogens (tertiary/aromatic N) is 1. The zero-order chi connectivity index (χ0) is 13.5. The summed E-state index contributed by atoms with van der Waals surface area (Å²) in [6.45, 7) is 2.32. The third kappa shape index (κ3) is 1.89. The van der Waals surface area contributed by atoms with Crippen molar-refractivity contribution in [1.29, 1.82) is 0 Å². The lowest BCUT2D eigenvalue weighted by Crippen LogP contribution is -2.42. The molecule has 0 amide bonds. The molecule has 0 N–H and O–H groups in total. The highest BCUT2D eigenvalue weighted by atomic mass is 17.1. The molecule has 0 spiro atoms. The molecule has 3 atom stereocenters. The average Bonchev–Trinajstić information content (AvgIpc) is 2.99. The molecular formula is C12H15NO6. The number of ether oxygens (including phenoxy) is 3. The molecule has 0 aromatic carbocycles. The summed E-state index contributed by atoms with van der Waals surface area (Å²) in [4.78, 5) is 15.3. The van der Waals surface area contributed by atoms with E-state index in [4.69, 9.17) is 19.0 Å². The van der Waals surface area contributed by atoms with Crippen molar-refractivity contribution in [2.45, 2.75) is 37.9 Å². The standard InChI is InChI=1S/C12H15NO6/c1-2-7-16-12-11(18-12,19-13(14)15)8-9-5-3-4-6-10(9)17-12/h3-4,6,9H,2,5,7-8H2,1H3. The van der Waals surface area contributed by atoms with E-state index in [9.17, 15) is 10.1 Å². The normalized spacial score (nSPS) is 38.6. The van der Waals surface area contributed by atoms with E-state index in [1.54, 1.807) is 0 Å². The van der Waals surface area contributed by atoms with Crippen molar-refractivity contribution in [1.82, 2.24) is 0 Å². The Bertz CT molecular complexity index is 461. The van der Waals surface area contributed by atoms with Crippen molar-refractivity contribution < 1.29 is 24.1 Å². The van der Waals surface area contributed by atoms with E-state index >= 15 is 0 Å². The molecule has 2 fully saturated rings. The summed E-state index contributed by atoms with van der Waals surface area (Å²) >= 11 is 0. The van der Waals surface area contributed by atoms with Gasteiger partial charge in [-0.15, -0.1) is 10.1 Å². The Kier molecular flexibility index (Phi) is 2.75. The summed E-state index contributed by atoms with van der Waals surface area (Å²) in [7, 11) is 0. The summed E-state index contributed by atoms with van der Waals surface area (Å²) in [6, 6.07) is 0. The molecule has 7 nitrogen and oxygen atoms in total. The molecule has 0 aromatic rings. The molecule has 3 aliphatic rings. The van der Waals surface area contributed by atoms with Crippen LogP contribution < -0.4 is 0 Å². The van der Waals surface area contributed by atoms with E-state index in [2.05, 4.69) is 0 Å². The fourth-order valence-corrected chi connectivity index (χ4v) is 2.53. The van der Waals surface area contributed by atoms with Gasteiger partial charge in [0, 0.05) is 12.3 Å². The van der Waals surface area contributed by atoms with Gasteiger partial charge in [-0.1, -0.05) is 19.1 Å². The van der Waals surface area contributed by atoms with Crippen molar-refractivity contribution in [3.8, 4) is 0 Å². The van der Waals surface area contributed by atoms with Gasteiger partial charge in [0.2, 0.25) is 0 Å². The fraction of sp³-hybridized carbons (Fsp3) is 0.667. The Morgan fingerprint density at radius 1 is 1.63 bits per heavy atom. The van der Waals surface area contributed by atoms with Crippen LogP contribution in [0.4, 0.5) is 0 Å². The molecule has 0 saturated carbocycles. The molecule has 3 rings (SSSR count). The Labute approximate surface area is 109 Å². The lowest BCUT2D eigenvalue weighted by Gasteiger charge is -2.32. The van der Waals surface area contributed by atoms with Gasteiger partial charge in [-0.2, -0.15) is 0 Å². The molecule has 0 aromatic heterocycles. The van der Waals surface area contributed by atoms with E-state index < -0.39 is 16.8 Å². The number of rotatable bonds is 5. The van der Waals surface area contributed by atoms with Crippen LogP contribution in [0, 0.1) is 16.0 Å². The fourth-order valence-electron chi connectivity index (χ4n) is 2.53. The minimum absolute atomic E-state index is 0.0331. The van der Waals surface area contributed by atoms with Crippen molar-refractivity contribution in [3.05, 3.63) is 34.1 Å². The average molecular weight is 269 g/mol. The summed E-state index contributed by atoms with van der Waals surface area (Å²) in [5.74, 6) is -2.10. The predicted octanol–water partition coefficient (Wildman–Crippen LogP) is 1.88. The van der Waals surface area contributed by atoms with Crippen molar-refractivity contribution in [2.24, 2.45) is 5.92 Å². The van der Waals surface area contributed by atoms with Crippen LogP contribution in [0.15, 0.2) is 24.0 Å². The molecule has 0 radical (unpaired) electrons. The summed E-state index contributed by atoms with van der Waals surface area (Å²) in [5.41, 5.74) is 0. The number of fused-ring (bicyclic) bond motifs is 2. The molecule has 2 aliphatic heterocycles. The first-order valence-corrected chi connectivity index (χ1v) is 6.34. The van der Waals surface area contributed by atoms with Crippen molar-refractivity contribution in [3.63, 3.8) is 0 Å². The lowest BCUT2D eigenvalue weighted by atomic mass is 9.90. The first kappa shape index (κ1) is 12.4. The Hall–Kier alpha value is -1.60. The van der Waals surface area contributed by atoms with Crippen LogP contribution in [0.5, 0.6) is 0 Å². The largest absolute Gasteiger partial charge is 0.439 e. The second-order valence-corrected chi connectivity index (χ2v) is 4.81. The summed E-state index contributed by atoms with van der Waals surface area (Å²) in [6.07, 6.45) is 7.58. The zero-order valence-electron chi connectivity index (χ0n) is 10.5. The monoisotopic (exact) mass is 269 g/mol. The smallest absolute Gasteiger partial charge is 0.386 e. The third-order valence-electron chi connectivity index (χ3n) is 3.43. The van der Waals surface area contributed by atoms with Gasteiger partial charge >= 0.3 is 11.8 Å². The van der Waals surface area contributed by atoms with E-state index in [1.807, 2.05) is 25.2 Å². The van der Waals surface area contributed by atoms with Crippen LogP contribution in [0.1, 0.15) is 26.2 Å². The van der Waals surface area contributed by atoms with Crippen molar-refractivity contribution >= 4 is 0 Å². The highest BCUT2D eigenvalue weighted by Crippen LogP contribution is 2.60. The second kappa shape index (κ2) is 4.21. The maximum absolute atomic E-state index is 10.6. The van der Waals surface area contributed by atoms with Crippen LogP contribution in [0.3, 0.4) is 0 Å². The highest BCUT2D eigenvalue weighted by Gasteiger charge is 2.82. The first-order valence-electron chi connectivity index (χ1n) is 6.34. The molecule has 1 aliphatic carbocycles. The molecular weight excluding hydrogens is 254 g/mol. The van der Waals surface area contributed by atoms with E-state index in [1.165, 1.54) is 0 Å². The van der Waals surface area contributed by atoms with E-state index in [0.29, 0.717) is 13.0 Å². The summed E-state index contributed by atoms with van der Waals surface area (Å²) in [5, 5.41) is 9.79. The molecule has 2 saturated heterocycles. The Balaban J connectivity index is 1.83. The van der Waals surface area contributed by atoms with Gasteiger partial charge in [0.05, 0.1) is 6.61 Å². The van der Waals surface area contributed by atoms with Gasteiger partial charge in [0.1, 0.15) is 5.76 Å². The van der Waals surface area contributed by atoms with E-state index in [0.717, 1.165) is 18.6 Å². The molecule has 3 unspecified atom stereocenters. The third-order valence-corrected chi connectivity index (χ3v) is 3.43. The van der Waals surface area contributed by atoms with Crippen LogP contribution in [0.25, 0.3) is 0 Å². The number of epoxide rings is 1. The minimum atomic E-state index is -1.45. The quantitative estimate of drug-likeness (QED) is 0.430. The minimum Gasteiger partial charge on any atom is -0.439 e. The number of allylic oxidation sites excluding steroid dienone is 4. The topological polar surface area (TPSA) is 83.4 Å². The van der Waals surface area contributed by atoms with Crippen LogP contribution >= 0.6 is 0 Å². The SMILES string of the molecule is CCCOC12OC3=CC=CCC3CC1(O[N+](=O)[O-])O2. The van der Waals surface area contributed by atoms with Gasteiger partial charge in [0.25, 0.3) is 5.09 Å². The Morgan fingerprint density at radius 2 is 2.47 bits per heavy atom. The maximum atomic E-state index is 10.6. The Morgan fingerprint density at radius 3 is 3.21 bits per heavy atom. The number of hydrogen-bond acceptors (Lipinski definition) is 6. The molecule has 19 heavy (non-hydrogen) atoms. The van der Waals surface area contributed by atoms with E-state index in [-0.39, 0.29) is 5.92 Å². The van der Waals surface area contributed by atoms with Crippen LogP contribution in [0.2, 0.25) is 0 Å². The van der Waals surface area contributed by atoms with Crippen LogP contribution in [-0.2, 0) is 19.0 Å². The lowest BCUT2D eigenvalue weighted by molar-refractivity contribution is -0.782. The second-order valence-electron chi connectivity index (χ2n) is 4.81. The zero-order valence-corrected chi connectivity index (χ0v) is 10.5. The van der Waals surface area contributed by atoms with Gasteiger partial charge in [-0.3, -0.25) is 9.57 Å². The molecule has 104 valence electrons. The van der Waals surface area contributed by atoms with Crippen LogP contribution in [-0.4, -0.2) is 23.5 Å². The van der Waals surface area contributed by atoms with Crippen molar-refractivity contribution in [2.75, 3.05) is 6.61 Å². The molecule has 0 bridgehead atoms. The highest BCUT2D eigenvalue weighted by molar-refractivity contribution is 5.22. The number of hydrogen-bond donors (Lipinski definition) is 0. The van der Waals surface area contributed by atoms with Gasteiger partial charge in [-0.25, -0.2) is 0 Å². The summed E-state index contributed by atoms with van der Waals surface area (Å²) < 4.78 is 16.6. The predicted molar refractivity (Wildman–Crippen MR) is 61.9 cm³/mol. The van der Waals surface area contributed by atoms with Gasteiger partial charge < -0.3 is 9.47 Å². The molecule has 7 heteroatoms. The van der Waals surface area contributed by atoms with Gasteiger partial charge in [0.15, 0.2) is 0 Å². The molecule has 2 heterocycles. The first-order chi connectivity index (χ1) is 9.11. The maximum Gasteiger partial charge on any atom is 0.386 e.